The highest BCUT2D eigenvalue weighted by Gasteiger charge is 2.28. The third kappa shape index (κ3) is 4.38. The molecule has 5 rings (SSSR count). The van der Waals surface area contributed by atoms with Crippen molar-refractivity contribution in [1.29, 1.82) is 0 Å². The molecule has 10 heteroatoms. The number of nitrogens with zero attached hydrogens (tertiary/aromatic N) is 5. The van der Waals surface area contributed by atoms with Gasteiger partial charge in [0.25, 0.3) is 0 Å². The van der Waals surface area contributed by atoms with Crippen LogP contribution in [-0.4, -0.2) is 49.9 Å². The number of carbonyl (C=O) groups excluding carboxylic acids is 1. The maximum absolute atomic E-state index is 11.3. The van der Waals surface area contributed by atoms with Crippen LogP contribution in [0.1, 0.15) is 6.92 Å². The Morgan fingerprint density at radius 2 is 1.94 bits per heavy atom. The lowest BCUT2D eigenvalue weighted by Crippen LogP contribution is -2.56. The van der Waals surface area contributed by atoms with Gasteiger partial charge in [-0.2, -0.15) is 4.98 Å². The number of rotatable bonds is 6. The minimum Gasteiger partial charge on any atom is -0.439 e. The van der Waals surface area contributed by atoms with Gasteiger partial charge in [0, 0.05) is 32.3 Å². The van der Waals surface area contributed by atoms with Crippen LogP contribution >= 0.6 is 11.3 Å². The second-order valence-electron chi connectivity index (χ2n) is 7.06. The van der Waals surface area contributed by atoms with E-state index in [1.807, 2.05) is 36.4 Å². The maximum Gasteiger partial charge on any atom is 0.224 e. The molecular weight excluding hydrogens is 414 g/mol. The van der Waals surface area contributed by atoms with Crippen molar-refractivity contribution in [2.45, 2.75) is 13.0 Å². The van der Waals surface area contributed by atoms with E-state index in [9.17, 15) is 4.79 Å². The molecule has 4 aromatic rings. The monoisotopic (exact) mass is 433 g/mol. The summed E-state index contributed by atoms with van der Waals surface area (Å²) in [6.07, 6.45) is 1.68. The van der Waals surface area contributed by atoms with E-state index in [1.165, 1.54) is 11.3 Å². The Hall–Kier alpha value is -3.79. The number of carbonyl (C=O) groups is 1. The molecule has 2 N–H and O–H groups in total. The number of para-hydroxylation sites is 1. The highest BCUT2D eigenvalue weighted by atomic mass is 32.1. The summed E-state index contributed by atoms with van der Waals surface area (Å²) < 4.78 is 5.80. The zero-order chi connectivity index (χ0) is 21.2. The Balaban J connectivity index is 1.26. The molecule has 0 aliphatic carbocycles. The average Bonchev–Trinajstić information content (AvgIpc) is 3.12. The van der Waals surface area contributed by atoms with Crippen LogP contribution in [0, 0.1) is 0 Å². The molecule has 0 saturated carbocycles. The zero-order valence-electron chi connectivity index (χ0n) is 16.6. The van der Waals surface area contributed by atoms with Gasteiger partial charge in [0.2, 0.25) is 17.7 Å². The largest absolute Gasteiger partial charge is 0.439 e. The standard InChI is InChI=1S/C21H19N7O2S/c1-13(29)28-11-14(12-28)23-20-22-10-9-17(25-20)26-21-24-16-7-8-18(27-19(16)31-21)30-15-5-3-2-4-6-15/h2-10,14H,11-12H2,1H3,(H2,22,23,24,25,26). The smallest absolute Gasteiger partial charge is 0.224 e. The Morgan fingerprint density at radius 1 is 1.10 bits per heavy atom. The Morgan fingerprint density at radius 3 is 2.74 bits per heavy atom. The minimum atomic E-state index is 0.0798. The molecule has 0 radical (unpaired) electrons. The fourth-order valence-corrected chi connectivity index (χ4v) is 3.97. The Labute approximate surface area is 182 Å². The molecule has 3 aromatic heterocycles. The molecule has 0 atom stereocenters. The summed E-state index contributed by atoms with van der Waals surface area (Å²) >= 11 is 1.42. The van der Waals surface area contributed by atoms with Crippen LogP contribution in [0.3, 0.4) is 0 Å². The number of nitrogens with one attached hydrogen (secondary N) is 2. The molecule has 1 saturated heterocycles. The predicted octanol–water partition coefficient (Wildman–Crippen LogP) is 3.66. The fourth-order valence-electron chi connectivity index (χ4n) is 3.14. The number of hydrogen-bond acceptors (Lipinski definition) is 9. The lowest BCUT2D eigenvalue weighted by molar-refractivity contribution is -0.132. The summed E-state index contributed by atoms with van der Waals surface area (Å²) in [5.74, 6) is 2.46. The molecule has 9 nitrogen and oxygen atoms in total. The number of hydrogen-bond donors (Lipinski definition) is 2. The van der Waals surface area contributed by atoms with Gasteiger partial charge >= 0.3 is 0 Å². The lowest BCUT2D eigenvalue weighted by atomic mass is 10.1. The average molecular weight is 433 g/mol. The molecule has 1 aromatic carbocycles. The van der Waals surface area contributed by atoms with E-state index in [0.717, 1.165) is 16.1 Å². The van der Waals surface area contributed by atoms with Crippen molar-refractivity contribution in [2.24, 2.45) is 0 Å². The molecule has 0 spiro atoms. The van der Waals surface area contributed by atoms with Crippen LogP contribution in [0.4, 0.5) is 16.9 Å². The quantitative estimate of drug-likeness (QED) is 0.475. The Bertz CT molecular complexity index is 1220. The van der Waals surface area contributed by atoms with E-state index in [1.54, 1.807) is 30.2 Å². The number of anilines is 3. The van der Waals surface area contributed by atoms with Crippen molar-refractivity contribution in [3.8, 4) is 11.6 Å². The number of fused-ring (bicyclic) bond motifs is 1. The molecule has 4 heterocycles. The van der Waals surface area contributed by atoms with Gasteiger partial charge in [0.1, 0.15) is 21.9 Å². The van der Waals surface area contributed by atoms with Crippen LogP contribution < -0.4 is 15.4 Å². The van der Waals surface area contributed by atoms with Crippen LogP contribution in [0.5, 0.6) is 11.6 Å². The second kappa shape index (κ2) is 8.15. The van der Waals surface area contributed by atoms with Gasteiger partial charge < -0.3 is 20.3 Å². The minimum absolute atomic E-state index is 0.0798. The van der Waals surface area contributed by atoms with E-state index in [4.69, 9.17) is 4.74 Å². The van der Waals surface area contributed by atoms with E-state index < -0.39 is 0 Å². The van der Waals surface area contributed by atoms with Crippen molar-refractivity contribution < 1.29 is 9.53 Å². The van der Waals surface area contributed by atoms with Gasteiger partial charge in [0.15, 0.2) is 5.13 Å². The first-order chi connectivity index (χ1) is 15.1. The molecule has 1 aliphatic heterocycles. The second-order valence-corrected chi connectivity index (χ2v) is 8.04. The molecule has 1 amide bonds. The zero-order valence-corrected chi connectivity index (χ0v) is 17.5. The third-order valence-electron chi connectivity index (χ3n) is 4.75. The summed E-state index contributed by atoms with van der Waals surface area (Å²) in [5, 5.41) is 7.13. The first kappa shape index (κ1) is 19.2. The van der Waals surface area contributed by atoms with Crippen LogP contribution in [0.15, 0.2) is 54.7 Å². The van der Waals surface area contributed by atoms with Crippen molar-refractivity contribution in [2.75, 3.05) is 23.7 Å². The predicted molar refractivity (Wildman–Crippen MR) is 119 cm³/mol. The summed E-state index contributed by atoms with van der Waals surface area (Å²) in [6.45, 7) is 2.89. The summed E-state index contributed by atoms with van der Waals surface area (Å²) in [5.41, 5.74) is 0.777. The molecule has 0 bridgehead atoms. The highest BCUT2D eigenvalue weighted by molar-refractivity contribution is 7.21. The van der Waals surface area contributed by atoms with Crippen LogP contribution in [0.2, 0.25) is 0 Å². The number of benzene rings is 1. The molecular formula is C21H19N7O2S. The number of pyridine rings is 1. The van der Waals surface area contributed by atoms with Crippen molar-refractivity contribution in [1.82, 2.24) is 24.8 Å². The van der Waals surface area contributed by atoms with E-state index in [0.29, 0.717) is 35.9 Å². The van der Waals surface area contributed by atoms with Crippen molar-refractivity contribution in [3.63, 3.8) is 0 Å². The lowest BCUT2D eigenvalue weighted by Gasteiger charge is -2.38. The molecule has 1 fully saturated rings. The van der Waals surface area contributed by atoms with Gasteiger partial charge in [0.05, 0.1) is 6.04 Å². The fraction of sp³-hybridized carbons (Fsp3) is 0.190. The van der Waals surface area contributed by atoms with Gasteiger partial charge in [-0.15, -0.1) is 0 Å². The number of amides is 1. The van der Waals surface area contributed by atoms with Crippen molar-refractivity contribution >= 4 is 44.5 Å². The molecule has 0 unspecified atom stereocenters. The third-order valence-corrected chi connectivity index (χ3v) is 5.63. The van der Waals surface area contributed by atoms with Gasteiger partial charge in [-0.05, 0) is 24.3 Å². The number of thiazole rings is 1. The maximum atomic E-state index is 11.3. The summed E-state index contributed by atoms with van der Waals surface area (Å²) in [6, 6.07) is 15.1. The normalized spacial score (nSPS) is 13.6. The van der Waals surface area contributed by atoms with Crippen LogP contribution in [-0.2, 0) is 4.79 Å². The topological polar surface area (TPSA) is 105 Å². The number of aromatic nitrogens is 4. The van der Waals surface area contributed by atoms with E-state index in [2.05, 4.69) is 30.6 Å². The molecule has 1 aliphatic rings. The summed E-state index contributed by atoms with van der Waals surface area (Å²) in [4.78, 5) is 31.7. The van der Waals surface area contributed by atoms with Gasteiger partial charge in [-0.25, -0.2) is 15.0 Å². The first-order valence-electron chi connectivity index (χ1n) is 9.75. The molecule has 31 heavy (non-hydrogen) atoms. The number of ether oxygens (including phenoxy) is 1. The first-order valence-corrected chi connectivity index (χ1v) is 10.6. The molecule has 156 valence electrons. The van der Waals surface area contributed by atoms with Crippen LogP contribution in [0.25, 0.3) is 10.3 Å². The Kier molecular flexibility index (Phi) is 5.04. The van der Waals surface area contributed by atoms with E-state index >= 15 is 0 Å². The highest BCUT2D eigenvalue weighted by Crippen LogP contribution is 2.29. The van der Waals surface area contributed by atoms with Gasteiger partial charge in [-0.1, -0.05) is 29.5 Å². The van der Waals surface area contributed by atoms with E-state index in [-0.39, 0.29) is 11.9 Å². The number of likely N-dealkylation sites (tertiary alicyclic amines) is 1. The summed E-state index contributed by atoms with van der Waals surface area (Å²) in [7, 11) is 0. The van der Waals surface area contributed by atoms with Gasteiger partial charge in [-0.3, -0.25) is 4.79 Å². The SMILES string of the molecule is CC(=O)N1CC(Nc2nccc(Nc3nc4ccc(Oc5ccccc5)nc4s3)n2)C1. The van der Waals surface area contributed by atoms with Crippen molar-refractivity contribution in [3.05, 3.63) is 54.7 Å².